The van der Waals surface area contributed by atoms with Gasteiger partial charge in [-0.1, -0.05) is 0 Å². The van der Waals surface area contributed by atoms with Crippen LogP contribution in [0.25, 0.3) is 0 Å². The van der Waals surface area contributed by atoms with Gasteiger partial charge in [-0.3, -0.25) is 4.79 Å². The second-order valence-electron chi connectivity index (χ2n) is 1.29. The zero-order valence-electron chi connectivity index (χ0n) is 8.11. The molecule has 5 N–H and O–H groups in total. The number of rotatable bonds is 3. The molecule has 0 spiro atoms. The third kappa shape index (κ3) is 6.70. The summed E-state index contributed by atoms with van der Waals surface area (Å²) in [6, 6.07) is 0. The molecule has 0 atom stereocenters. The Balaban J connectivity index is 0. The summed E-state index contributed by atoms with van der Waals surface area (Å²) in [6.45, 7) is -3.18. The lowest BCUT2D eigenvalue weighted by atomic mass is 10.6. The molecule has 6 heteroatoms. The Labute approximate surface area is 62.5 Å². The molecule has 60 valence electrons. The quantitative estimate of drug-likeness (QED) is 0.212. The summed E-state index contributed by atoms with van der Waals surface area (Å²) in [6.07, 6.45) is 0.765. The van der Waals surface area contributed by atoms with Crippen LogP contribution in [0.5, 0.6) is 0 Å². The summed E-state index contributed by atoms with van der Waals surface area (Å²) < 4.78 is 20.5. The summed E-state index contributed by atoms with van der Waals surface area (Å²) >= 11 is 0. The first-order chi connectivity index (χ1) is 5.38. The second-order valence-corrected chi connectivity index (χ2v) is 1.29. The first-order valence-electron chi connectivity index (χ1n) is 3.60. The van der Waals surface area contributed by atoms with E-state index in [-0.39, 0.29) is 5.48 Å². The molecule has 0 amide bonds. The number of hydrogen-bond acceptors (Lipinski definition) is 3. The normalized spacial score (nSPS) is 14.6. The molecule has 10 heavy (non-hydrogen) atoms. The van der Waals surface area contributed by atoms with Gasteiger partial charge in [0.1, 0.15) is 12.9 Å². The molecule has 0 fully saturated rings. The van der Waals surface area contributed by atoms with Crippen molar-refractivity contribution in [3.8, 4) is 0 Å². The lowest BCUT2D eigenvalue weighted by Crippen LogP contribution is -2.24. The Kier molecular flexibility index (Phi) is 3.20. The van der Waals surface area contributed by atoms with Crippen molar-refractivity contribution < 1.29 is 19.5 Å². The lowest BCUT2D eigenvalue weighted by Gasteiger charge is -2.06. The molecule has 0 rings (SSSR count). The van der Waals surface area contributed by atoms with Gasteiger partial charge in [0.15, 0.2) is 0 Å². The molecule has 0 bridgehead atoms. The van der Waals surface area contributed by atoms with Gasteiger partial charge >= 0.3 is 5.97 Å². The van der Waals surface area contributed by atoms with Crippen molar-refractivity contribution in [2.75, 3.05) is 13.5 Å². The van der Waals surface area contributed by atoms with E-state index in [4.69, 9.17) is 9.22 Å². The largest absolute Gasteiger partial charge is 0.480 e. The van der Waals surface area contributed by atoms with Crippen molar-refractivity contribution in [2.45, 2.75) is 0 Å². The van der Waals surface area contributed by atoms with Crippen molar-refractivity contribution in [2.24, 2.45) is 10.9 Å². The van der Waals surface area contributed by atoms with E-state index >= 15 is 0 Å². The number of nitrogens with two attached hydrogens (primary N) is 1. The molecule has 0 saturated heterocycles. The Hall–Kier alpha value is -1.30. The van der Waals surface area contributed by atoms with Gasteiger partial charge in [0.25, 0.3) is 0 Å². The zero-order chi connectivity index (χ0) is 9.78. The predicted octanol–water partition coefficient (Wildman–Crippen LogP) is -1.92. The standard InChI is InChI=1S/C4H9N3O2.H2O/c1-7(3-6-5)2-4(8)9;/h3H,2,5H2,1H3,(H,8,9);1H2/i1D3;. The average Bonchev–Trinajstić information content (AvgIpc) is 1.83. The monoisotopic (exact) mass is 152 g/mol. The van der Waals surface area contributed by atoms with E-state index in [1.807, 2.05) is 0 Å². The number of carbonyl (C=O) groups is 1. The predicted molar refractivity (Wildman–Crippen MR) is 36.6 cm³/mol. The van der Waals surface area contributed by atoms with Crippen molar-refractivity contribution in [1.82, 2.24) is 4.90 Å². The number of carboxylic acid groups (broad SMARTS) is 1. The highest BCUT2D eigenvalue weighted by molar-refractivity contribution is 5.72. The molecule has 0 aliphatic rings. The van der Waals surface area contributed by atoms with E-state index in [1.54, 1.807) is 0 Å². The van der Waals surface area contributed by atoms with Crippen LogP contribution < -0.4 is 5.84 Å². The van der Waals surface area contributed by atoms with Crippen molar-refractivity contribution in [1.29, 1.82) is 0 Å². The van der Waals surface area contributed by atoms with Gasteiger partial charge in [0.05, 0.1) is 0 Å². The average molecular weight is 152 g/mol. The highest BCUT2D eigenvalue weighted by Gasteiger charge is 1.97. The molecule has 0 aromatic rings. The number of aliphatic carboxylic acids is 1. The molecule has 0 aromatic heterocycles. The van der Waals surface area contributed by atoms with Gasteiger partial charge in [0.2, 0.25) is 0 Å². The van der Waals surface area contributed by atoms with Gasteiger partial charge in [-0.2, -0.15) is 5.10 Å². The molecule has 6 nitrogen and oxygen atoms in total. The van der Waals surface area contributed by atoms with E-state index in [1.165, 1.54) is 0 Å². The molecule has 0 saturated carbocycles. The Morgan fingerprint density at radius 1 is 2.10 bits per heavy atom. The minimum Gasteiger partial charge on any atom is -0.480 e. The first kappa shape index (κ1) is 5.48. The minimum atomic E-state index is -2.53. The van der Waals surface area contributed by atoms with Crippen LogP contribution in [-0.2, 0) is 4.79 Å². The van der Waals surface area contributed by atoms with Crippen molar-refractivity contribution in [3.05, 3.63) is 0 Å². The smallest absolute Gasteiger partial charge is 0.323 e. The Morgan fingerprint density at radius 2 is 2.70 bits per heavy atom. The maximum Gasteiger partial charge on any atom is 0.323 e. The molecule has 0 aliphatic heterocycles. The van der Waals surface area contributed by atoms with Gasteiger partial charge in [0, 0.05) is 11.1 Å². The summed E-state index contributed by atoms with van der Waals surface area (Å²) in [5, 5.41) is 11.2. The van der Waals surface area contributed by atoms with Crippen molar-refractivity contribution in [3.63, 3.8) is 0 Å². The fourth-order valence-corrected chi connectivity index (χ4v) is 0.267. The Bertz CT molecular complexity index is 193. The number of nitrogens with zero attached hydrogens (tertiary/aromatic N) is 2. The summed E-state index contributed by atoms with van der Waals surface area (Å²) in [5.41, 5.74) is 0. The molecule has 0 radical (unpaired) electrons. The summed E-state index contributed by atoms with van der Waals surface area (Å²) in [7, 11) is 0. The SMILES string of the molecule is O.[2H]C([2H])([2H])N(C=NN)CC(=O)O. The van der Waals surface area contributed by atoms with Crippen LogP contribution >= 0.6 is 0 Å². The van der Waals surface area contributed by atoms with Gasteiger partial charge in [-0.15, -0.1) is 0 Å². The van der Waals surface area contributed by atoms with Crippen LogP contribution in [0, 0.1) is 0 Å². The molecule has 0 aromatic carbocycles. The minimum absolute atomic E-state index is 0. The topological polar surface area (TPSA) is 110 Å². The van der Waals surface area contributed by atoms with E-state index in [0.717, 1.165) is 6.34 Å². The Morgan fingerprint density at radius 3 is 3.00 bits per heavy atom. The molecule has 0 unspecified atom stereocenters. The van der Waals surface area contributed by atoms with E-state index in [0.29, 0.717) is 4.90 Å². The second kappa shape index (κ2) is 5.83. The van der Waals surface area contributed by atoms with Crippen LogP contribution in [0.1, 0.15) is 4.11 Å². The molecule has 0 aliphatic carbocycles. The highest BCUT2D eigenvalue weighted by Crippen LogP contribution is 1.73. The molecular weight excluding hydrogens is 138 g/mol. The maximum absolute atomic E-state index is 10.1. The van der Waals surface area contributed by atoms with Crippen LogP contribution in [0.3, 0.4) is 0 Å². The highest BCUT2D eigenvalue weighted by atomic mass is 16.4. The number of likely N-dealkylation sites (N-methyl/N-ethyl adjacent to an activating group) is 1. The fourth-order valence-electron chi connectivity index (χ4n) is 0.267. The molecule has 0 heterocycles. The third-order valence-electron chi connectivity index (χ3n) is 0.512. The fraction of sp³-hybridized carbons (Fsp3) is 0.500. The summed E-state index contributed by atoms with van der Waals surface area (Å²) in [4.78, 5) is 10.7. The number of hydrogen-bond donors (Lipinski definition) is 2. The van der Waals surface area contributed by atoms with Crippen LogP contribution in [0.15, 0.2) is 5.10 Å². The van der Waals surface area contributed by atoms with Gasteiger partial charge < -0.3 is 21.3 Å². The first-order valence-corrected chi connectivity index (χ1v) is 2.10. The van der Waals surface area contributed by atoms with Gasteiger partial charge in [-0.05, 0) is 0 Å². The van der Waals surface area contributed by atoms with Crippen LogP contribution in [-0.4, -0.2) is 41.3 Å². The van der Waals surface area contributed by atoms with Gasteiger partial charge in [-0.25, -0.2) is 0 Å². The van der Waals surface area contributed by atoms with Crippen LogP contribution in [0.2, 0.25) is 0 Å². The lowest BCUT2D eigenvalue weighted by molar-refractivity contribution is -0.137. The van der Waals surface area contributed by atoms with E-state index in [9.17, 15) is 4.79 Å². The van der Waals surface area contributed by atoms with Crippen LogP contribution in [0.4, 0.5) is 0 Å². The summed E-state index contributed by atoms with van der Waals surface area (Å²) in [5.74, 6) is 3.43. The van der Waals surface area contributed by atoms with Crippen molar-refractivity contribution >= 4 is 12.3 Å². The maximum atomic E-state index is 10.1. The van der Waals surface area contributed by atoms with E-state index in [2.05, 4.69) is 10.9 Å². The molecular formula is C4H11N3O3. The number of carboxylic acids is 1. The number of hydrazone groups is 1. The third-order valence-corrected chi connectivity index (χ3v) is 0.512. The zero-order valence-corrected chi connectivity index (χ0v) is 5.11. The van der Waals surface area contributed by atoms with E-state index < -0.39 is 19.5 Å².